The smallest absolute Gasteiger partial charge is 0.241 e. The lowest BCUT2D eigenvalue weighted by Gasteiger charge is -2.28. The molecule has 1 aliphatic heterocycles. The Bertz CT molecular complexity index is 682. The zero-order chi connectivity index (χ0) is 16.8. The van der Waals surface area contributed by atoms with Gasteiger partial charge in [0.1, 0.15) is 11.9 Å². The maximum Gasteiger partial charge on any atom is 0.241 e. The third kappa shape index (κ3) is 5.85. The van der Waals surface area contributed by atoms with E-state index < -0.39 is 6.04 Å². The number of carbonyl (C=O) groups excluding carboxylic acids is 1. The molecule has 1 aliphatic rings. The normalized spacial score (nSPS) is 14.6. The fraction of sp³-hybridized carbons (Fsp3) is 0.333. The first-order valence-electron chi connectivity index (χ1n) is 8.10. The fourth-order valence-corrected chi connectivity index (χ4v) is 2.65. The zero-order valence-electron chi connectivity index (χ0n) is 14.3. The van der Waals surface area contributed by atoms with Crippen LogP contribution in [0.4, 0.5) is 5.82 Å². The summed E-state index contributed by atoms with van der Waals surface area (Å²) in [6, 6.07) is 12.6. The van der Waals surface area contributed by atoms with E-state index in [-0.39, 0.29) is 30.7 Å². The number of ether oxygens (including phenoxy) is 1. The van der Waals surface area contributed by atoms with Crippen LogP contribution in [0.3, 0.4) is 0 Å². The van der Waals surface area contributed by atoms with Gasteiger partial charge in [-0.3, -0.25) is 4.79 Å². The maximum atomic E-state index is 12.2. The molecule has 2 heterocycles. The Morgan fingerprint density at radius 2 is 1.88 bits per heavy atom. The first-order chi connectivity index (χ1) is 11.7. The minimum Gasteiger partial charge on any atom is -0.378 e. The largest absolute Gasteiger partial charge is 0.378 e. The molecule has 0 bridgehead atoms. The Hall–Kier alpha value is -1.86. The van der Waals surface area contributed by atoms with Crippen LogP contribution < -0.4 is 16.0 Å². The third-order valence-corrected chi connectivity index (χ3v) is 4.05. The Kier molecular flexibility index (Phi) is 9.37. The van der Waals surface area contributed by atoms with Crippen molar-refractivity contribution in [2.45, 2.75) is 12.6 Å². The molecule has 0 aliphatic carbocycles. The van der Waals surface area contributed by atoms with E-state index in [2.05, 4.69) is 15.2 Å². The van der Waals surface area contributed by atoms with Gasteiger partial charge < -0.3 is 20.7 Å². The van der Waals surface area contributed by atoms with Gasteiger partial charge >= 0.3 is 0 Å². The molecule has 3 N–H and O–H groups in total. The minimum atomic E-state index is -0.660. The van der Waals surface area contributed by atoms with Crippen LogP contribution in [0.1, 0.15) is 17.2 Å². The number of pyridine rings is 1. The molecule has 6 nitrogen and oxygen atoms in total. The standard InChI is InChI=1S/C18H22N4O2.2ClH/c19-17(15-4-2-1-3-5-15)18(23)21-13-14-6-7-20-16(12-14)22-8-10-24-11-9-22;;/h1-7,12,17H,8-11,13,19H2,(H,21,23);2*1H. The number of rotatable bonds is 5. The number of nitrogens with two attached hydrogens (primary N) is 1. The topological polar surface area (TPSA) is 80.5 Å². The summed E-state index contributed by atoms with van der Waals surface area (Å²) in [4.78, 5) is 18.8. The van der Waals surface area contributed by atoms with E-state index in [1.807, 2.05) is 42.5 Å². The van der Waals surface area contributed by atoms with Crippen molar-refractivity contribution in [3.8, 4) is 0 Å². The molecule has 1 aromatic heterocycles. The number of anilines is 1. The maximum absolute atomic E-state index is 12.2. The van der Waals surface area contributed by atoms with Crippen molar-refractivity contribution in [2.75, 3.05) is 31.2 Å². The second-order valence-electron chi connectivity index (χ2n) is 5.73. The van der Waals surface area contributed by atoms with Crippen molar-refractivity contribution in [3.05, 3.63) is 59.8 Å². The first kappa shape index (κ1) is 22.2. The summed E-state index contributed by atoms with van der Waals surface area (Å²) >= 11 is 0. The number of benzene rings is 1. The summed E-state index contributed by atoms with van der Waals surface area (Å²) in [5.41, 5.74) is 7.81. The molecule has 0 spiro atoms. The molecule has 1 atom stereocenters. The summed E-state index contributed by atoms with van der Waals surface area (Å²) < 4.78 is 5.36. The van der Waals surface area contributed by atoms with Gasteiger partial charge in [0.15, 0.2) is 0 Å². The molecule has 1 saturated heterocycles. The van der Waals surface area contributed by atoms with E-state index in [0.717, 1.165) is 30.0 Å². The summed E-state index contributed by atoms with van der Waals surface area (Å²) in [6.45, 7) is 3.53. The highest BCUT2D eigenvalue weighted by Gasteiger charge is 2.16. The number of amides is 1. The molecule has 8 heteroatoms. The van der Waals surface area contributed by atoms with Crippen molar-refractivity contribution < 1.29 is 9.53 Å². The molecule has 1 unspecified atom stereocenters. The van der Waals surface area contributed by atoms with Crippen molar-refractivity contribution in [3.63, 3.8) is 0 Å². The van der Waals surface area contributed by atoms with Crippen LogP contribution in [0, 0.1) is 0 Å². The lowest BCUT2D eigenvalue weighted by atomic mass is 10.1. The van der Waals surface area contributed by atoms with Gasteiger partial charge in [0.25, 0.3) is 0 Å². The van der Waals surface area contributed by atoms with Crippen molar-refractivity contribution in [1.82, 2.24) is 10.3 Å². The molecule has 2 aromatic rings. The Labute approximate surface area is 165 Å². The minimum absolute atomic E-state index is 0. The number of morpholine rings is 1. The van der Waals surface area contributed by atoms with Gasteiger partial charge in [-0.25, -0.2) is 4.98 Å². The van der Waals surface area contributed by atoms with Crippen LogP contribution in [-0.2, 0) is 16.1 Å². The van der Waals surface area contributed by atoms with Gasteiger partial charge in [0, 0.05) is 25.8 Å². The second kappa shape index (κ2) is 11.0. The van der Waals surface area contributed by atoms with Crippen LogP contribution in [0.2, 0.25) is 0 Å². The molecular formula is C18H24Cl2N4O2. The molecule has 1 fully saturated rings. The van der Waals surface area contributed by atoms with Crippen LogP contribution in [0.15, 0.2) is 48.7 Å². The molecule has 1 amide bonds. The lowest BCUT2D eigenvalue weighted by molar-refractivity contribution is -0.122. The van der Waals surface area contributed by atoms with Gasteiger partial charge in [-0.2, -0.15) is 0 Å². The van der Waals surface area contributed by atoms with E-state index in [0.29, 0.717) is 19.8 Å². The highest BCUT2D eigenvalue weighted by molar-refractivity contribution is 5.85. The second-order valence-corrected chi connectivity index (χ2v) is 5.73. The SMILES string of the molecule is Cl.Cl.NC(C(=O)NCc1ccnc(N2CCOCC2)c1)c1ccccc1. The Morgan fingerprint density at radius 3 is 2.58 bits per heavy atom. The van der Waals surface area contributed by atoms with Gasteiger partial charge in [0.2, 0.25) is 5.91 Å². The predicted octanol–water partition coefficient (Wildman–Crippen LogP) is 2.08. The number of halogens is 2. The predicted molar refractivity (Wildman–Crippen MR) is 107 cm³/mol. The highest BCUT2D eigenvalue weighted by atomic mass is 35.5. The van der Waals surface area contributed by atoms with E-state index in [9.17, 15) is 4.79 Å². The molecule has 0 saturated carbocycles. The third-order valence-electron chi connectivity index (χ3n) is 4.05. The number of aromatic nitrogens is 1. The van der Waals surface area contributed by atoms with Crippen LogP contribution in [0.5, 0.6) is 0 Å². The molecule has 3 rings (SSSR count). The molecule has 142 valence electrons. The first-order valence-corrected chi connectivity index (χ1v) is 8.10. The number of nitrogens with zero attached hydrogens (tertiary/aromatic N) is 2. The average molecular weight is 399 g/mol. The molecular weight excluding hydrogens is 375 g/mol. The molecule has 1 aromatic carbocycles. The van der Waals surface area contributed by atoms with E-state index in [1.165, 1.54) is 0 Å². The number of nitrogens with one attached hydrogen (secondary N) is 1. The van der Waals surface area contributed by atoms with Crippen molar-refractivity contribution in [1.29, 1.82) is 0 Å². The van der Waals surface area contributed by atoms with E-state index >= 15 is 0 Å². The van der Waals surface area contributed by atoms with Crippen LogP contribution in [0.25, 0.3) is 0 Å². The summed E-state index contributed by atoms with van der Waals surface area (Å²) in [5.74, 6) is 0.725. The van der Waals surface area contributed by atoms with Crippen LogP contribution >= 0.6 is 24.8 Å². The molecule has 26 heavy (non-hydrogen) atoms. The summed E-state index contributed by atoms with van der Waals surface area (Å²) in [5, 5.41) is 2.89. The lowest BCUT2D eigenvalue weighted by Crippen LogP contribution is -2.37. The number of hydrogen-bond donors (Lipinski definition) is 2. The molecule has 0 radical (unpaired) electrons. The zero-order valence-corrected chi connectivity index (χ0v) is 16.0. The van der Waals surface area contributed by atoms with Gasteiger partial charge in [0.05, 0.1) is 13.2 Å². The highest BCUT2D eigenvalue weighted by Crippen LogP contribution is 2.15. The quantitative estimate of drug-likeness (QED) is 0.805. The fourth-order valence-electron chi connectivity index (χ4n) is 2.65. The van der Waals surface area contributed by atoms with Gasteiger partial charge in [-0.05, 0) is 23.3 Å². The summed E-state index contributed by atoms with van der Waals surface area (Å²) in [6.07, 6.45) is 1.77. The van der Waals surface area contributed by atoms with Crippen molar-refractivity contribution >= 4 is 36.5 Å². The summed E-state index contributed by atoms with van der Waals surface area (Å²) in [7, 11) is 0. The van der Waals surface area contributed by atoms with Crippen LogP contribution in [-0.4, -0.2) is 37.2 Å². The van der Waals surface area contributed by atoms with E-state index in [1.54, 1.807) is 6.20 Å². The average Bonchev–Trinajstić information content (AvgIpc) is 2.67. The van der Waals surface area contributed by atoms with Gasteiger partial charge in [-0.1, -0.05) is 30.3 Å². The Balaban J connectivity index is 0.00000169. The van der Waals surface area contributed by atoms with Gasteiger partial charge in [-0.15, -0.1) is 24.8 Å². The monoisotopic (exact) mass is 398 g/mol. The number of carbonyl (C=O) groups is 1. The Morgan fingerprint density at radius 1 is 1.19 bits per heavy atom. The number of hydrogen-bond acceptors (Lipinski definition) is 5. The van der Waals surface area contributed by atoms with Crippen molar-refractivity contribution in [2.24, 2.45) is 5.73 Å². The van der Waals surface area contributed by atoms with E-state index in [4.69, 9.17) is 10.5 Å².